The van der Waals surface area contributed by atoms with E-state index in [-0.39, 0.29) is 11.3 Å². The minimum absolute atomic E-state index is 0.157. The molecule has 94 valence electrons. The summed E-state index contributed by atoms with van der Waals surface area (Å²) in [5, 5.41) is 6.36. The smallest absolute Gasteiger partial charge is 0.226 e. The van der Waals surface area contributed by atoms with E-state index in [9.17, 15) is 4.79 Å². The SMILES string of the molecule is CCC1(C(=O)NCc2cncs2)CCNCC1. The third-order valence-electron chi connectivity index (χ3n) is 3.63. The van der Waals surface area contributed by atoms with Crippen molar-refractivity contribution < 1.29 is 4.79 Å². The molecule has 0 aromatic carbocycles. The summed E-state index contributed by atoms with van der Waals surface area (Å²) in [6, 6.07) is 0. The molecule has 5 heteroatoms. The van der Waals surface area contributed by atoms with Crippen LogP contribution in [-0.2, 0) is 11.3 Å². The molecule has 0 unspecified atom stereocenters. The van der Waals surface area contributed by atoms with Crippen molar-refractivity contribution in [2.45, 2.75) is 32.7 Å². The molecule has 4 nitrogen and oxygen atoms in total. The molecule has 1 saturated heterocycles. The molecule has 2 heterocycles. The van der Waals surface area contributed by atoms with Crippen molar-refractivity contribution in [2.75, 3.05) is 13.1 Å². The molecule has 1 aromatic heterocycles. The van der Waals surface area contributed by atoms with E-state index < -0.39 is 0 Å². The number of thiazole rings is 1. The molecule has 1 aliphatic heterocycles. The molecule has 17 heavy (non-hydrogen) atoms. The van der Waals surface area contributed by atoms with E-state index in [2.05, 4.69) is 22.5 Å². The number of amides is 1. The fraction of sp³-hybridized carbons (Fsp3) is 0.667. The maximum Gasteiger partial charge on any atom is 0.226 e. The van der Waals surface area contributed by atoms with Gasteiger partial charge < -0.3 is 10.6 Å². The third kappa shape index (κ3) is 2.84. The molecule has 1 aromatic rings. The quantitative estimate of drug-likeness (QED) is 0.856. The maximum atomic E-state index is 12.3. The number of hydrogen-bond donors (Lipinski definition) is 2. The number of rotatable bonds is 4. The van der Waals surface area contributed by atoms with Crippen LogP contribution in [0, 0.1) is 5.41 Å². The van der Waals surface area contributed by atoms with Gasteiger partial charge in [-0.1, -0.05) is 6.92 Å². The highest BCUT2D eigenvalue weighted by atomic mass is 32.1. The summed E-state index contributed by atoms with van der Waals surface area (Å²) in [5.41, 5.74) is 1.64. The van der Waals surface area contributed by atoms with Gasteiger partial charge in [0.2, 0.25) is 5.91 Å². The summed E-state index contributed by atoms with van der Waals surface area (Å²) in [6.45, 7) is 4.61. The van der Waals surface area contributed by atoms with Crippen molar-refractivity contribution >= 4 is 17.2 Å². The summed E-state index contributed by atoms with van der Waals surface area (Å²) >= 11 is 1.58. The monoisotopic (exact) mass is 253 g/mol. The van der Waals surface area contributed by atoms with Crippen molar-refractivity contribution in [1.29, 1.82) is 0 Å². The van der Waals surface area contributed by atoms with Crippen molar-refractivity contribution in [3.05, 3.63) is 16.6 Å². The Morgan fingerprint density at radius 1 is 1.59 bits per heavy atom. The van der Waals surface area contributed by atoms with Crippen molar-refractivity contribution in [3.8, 4) is 0 Å². The first-order chi connectivity index (χ1) is 8.27. The van der Waals surface area contributed by atoms with Gasteiger partial charge in [-0.25, -0.2) is 0 Å². The van der Waals surface area contributed by atoms with Crippen LogP contribution in [0.4, 0.5) is 0 Å². The highest BCUT2D eigenvalue weighted by Crippen LogP contribution is 2.32. The number of piperidine rings is 1. The first kappa shape index (κ1) is 12.5. The minimum atomic E-state index is -0.157. The van der Waals surface area contributed by atoms with E-state index in [4.69, 9.17) is 0 Å². The van der Waals surface area contributed by atoms with Gasteiger partial charge in [-0.3, -0.25) is 9.78 Å². The highest BCUT2D eigenvalue weighted by molar-refractivity contribution is 7.09. The second-order valence-electron chi connectivity index (χ2n) is 4.53. The van der Waals surface area contributed by atoms with E-state index >= 15 is 0 Å². The number of nitrogens with one attached hydrogen (secondary N) is 2. The summed E-state index contributed by atoms with van der Waals surface area (Å²) in [5.74, 6) is 0.204. The lowest BCUT2D eigenvalue weighted by Crippen LogP contribution is -2.47. The molecule has 0 bridgehead atoms. The van der Waals surface area contributed by atoms with Gasteiger partial charge in [0.25, 0.3) is 0 Å². The number of aromatic nitrogens is 1. The maximum absolute atomic E-state index is 12.3. The van der Waals surface area contributed by atoms with E-state index in [1.54, 1.807) is 16.8 Å². The number of carbonyl (C=O) groups is 1. The fourth-order valence-electron chi connectivity index (χ4n) is 2.33. The number of carbonyl (C=O) groups excluding carboxylic acids is 1. The minimum Gasteiger partial charge on any atom is -0.351 e. The second kappa shape index (κ2) is 5.60. The molecule has 0 aliphatic carbocycles. The van der Waals surface area contributed by atoms with Crippen LogP contribution in [0.3, 0.4) is 0 Å². The Labute approximate surface area is 106 Å². The van der Waals surface area contributed by atoms with Crippen LogP contribution < -0.4 is 10.6 Å². The standard InChI is InChI=1S/C12H19N3OS/c1-2-12(3-5-13-6-4-12)11(16)15-8-10-7-14-9-17-10/h7,9,13H,2-6,8H2,1H3,(H,15,16). The van der Waals surface area contributed by atoms with Crippen molar-refractivity contribution in [1.82, 2.24) is 15.6 Å². The lowest BCUT2D eigenvalue weighted by Gasteiger charge is -2.35. The fourth-order valence-corrected chi connectivity index (χ4v) is 2.87. The summed E-state index contributed by atoms with van der Waals surface area (Å²) in [4.78, 5) is 17.4. The molecule has 0 radical (unpaired) electrons. The normalized spacial score (nSPS) is 18.9. The lowest BCUT2D eigenvalue weighted by atomic mass is 9.76. The predicted octanol–water partition coefficient (Wildman–Crippen LogP) is 1.54. The van der Waals surface area contributed by atoms with E-state index in [1.165, 1.54) is 0 Å². The Morgan fingerprint density at radius 3 is 2.94 bits per heavy atom. The molecular formula is C12H19N3OS. The van der Waals surface area contributed by atoms with Gasteiger partial charge in [0.1, 0.15) is 0 Å². The van der Waals surface area contributed by atoms with Crippen molar-refractivity contribution in [2.24, 2.45) is 5.41 Å². The number of nitrogens with zero attached hydrogens (tertiary/aromatic N) is 1. The Kier molecular flexibility index (Phi) is 4.12. The molecule has 2 rings (SSSR count). The zero-order valence-corrected chi connectivity index (χ0v) is 11.0. The van der Waals surface area contributed by atoms with Gasteiger partial charge in [-0.2, -0.15) is 0 Å². The molecule has 1 amide bonds. The zero-order chi connectivity index (χ0) is 12.1. The predicted molar refractivity (Wildman–Crippen MR) is 68.8 cm³/mol. The van der Waals surface area contributed by atoms with Crippen LogP contribution in [0.5, 0.6) is 0 Å². The van der Waals surface area contributed by atoms with Gasteiger partial charge in [-0.05, 0) is 32.4 Å². The van der Waals surface area contributed by atoms with E-state index in [0.29, 0.717) is 6.54 Å². The van der Waals surface area contributed by atoms with E-state index in [1.807, 2.05) is 6.20 Å². The van der Waals surface area contributed by atoms with Crippen molar-refractivity contribution in [3.63, 3.8) is 0 Å². The summed E-state index contributed by atoms with van der Waals surface area (Å²) in [7, 11) is 0. The Hall–Kier alpha value is -0.940. The van der Waals surface area contributed by atoms with Gasteiger partial charge in [-0.15, -0.1) is 11.3 Å². The molecular weight excluding hydrogens is 234 g/mol. The third-order valence-corrected chi connectivity index (χ3v) is 4.41. The lowest BCUT2D eigenvalue weighted by molar-refractivity contribution is -0.133. The van der Waals surface area contributed by atoms with Crippen LogP contribution in [-0.4, -0.2) is 24.0 Å². The topological polar surface area (TPSA) is 54.0 Å². The Balaban J connectivity index is 1.93. The van der Waals surface area contributed by atoms with Crippen LogP contribution >= 0.6 is 11.3 Å². The Morgan fingerprint density at radius 2 is 2.35 bits per heavy atom. The average molecular weight is 253 g/mol. The molecule has 0 saturated carbocycles. The van der Waals surface area contributed by atoms with Crippen LogP contribution in [0.1, 0.15) is 31.1 Å². The van der Waals surface area contributed by atoms with Gasteiger partial charge >= 0.3 is 0 Å². The van der Waals surface area contributed by atoms with E-state index in [0.717, 1.165) is 37.2 Å². The van der Waals surface area contributed by atoms with Crippen LogP contribution in [0.25, 0.3) is 0 Å². The van der Waals surface area contributed by atoms with Crippen LogP contribution in [0.2, 0.25) is 0 Å². The first-order valence-corrected chi connectivity index (χ1v) is 7.01. The second-order valence-corrected chi connectivity index (χ2v) is 5.51. The van der Waals surface area contributed by atoms with Crippen LogP contribution in [0.15, 0.2) is 11.7 Å². The molecule has 0 atom stereocenters. The molecule has 1 aliphatic rings. The van der Waals surface area contributed by atoms with Gasteiger partial charge in [0.05, 0.1) is 17.5 Å². The molecule has 2 N–H and O–H groups in total. The molecule has 1 fully saturated rings. The summed E-state index contributed by atoms with van der Waals surface area (Å²) in [6.07, 6.45) is 4.62. The number of hydrogen-bond acceptors (Lipinski definition) is 4. The zero-order valence-electron chi connectivity index (χ0n) is 10.2. The first-order valence-electron chi connectivity index (χ1n) is 6.13. The average Bonchev–Trinajstić information content (AvgIpc) is 2.90. The highest BCUT2D eigenvalue weighted by Gasteiger charge is 2.37. The molecule has 0 spiro atoms. The summed E-state index contributed by atoms with van der Waals surface area (Å²) < 4.78 is 0. The largest absolute Gasteiger partial charge is 0.351 e. The van der Waals surface area contributed by atoms with Gasteiger partial charge in [0, 0.05) is 11.1 Å². The van der Waals surface area contributed by atoms with Gasteiger partial charge in [0.15, 0.2) is 0 Å². The Bertz CT molecular complexity index is 358.